The fourth-order valence-electron chi connectivity index (χ4n) is 2.65. The van der Waals surface area contributed by atoms with Crippen LogP contribution in [0.3, 0.4) is 0 Å². The maximum Gasteiger partial charge on any atom is 0.254 e. The number of aryl methyl sites for hydroxylation is 3. The predicted molar refractivity (Wildman–Crippen MR) is 100 cm³/mol. The second-order valence-electron chi connectivity index (χ2n) is 6.71. The van der Waals surface area contributed by atoms with Crippen LogP contribution in [0.2, 0.25) is 0 Å². The number of rotatable bonds is 6. The van der Waals surface area contributed by atoms with Crippen LogP contribution in [0.5, 0.6) is 0 Å². The molecule has 0 spiro atoms. The number of carbonyl (C=O) groups excluding carboxylic acids is 2. The van der Waals surface area contributed by atoms with E-state index in [0.717, 1.165) is 29.0 Å². The van der Waals surface area contributed by atoms with Gasteiger partial charge < -0.3 is 10.2 Å². The third-order valence-corrected chi connectivity index (χ3v) is 5.33. The van der Waals surface area contributed by atoms with Crippen LogP contribution in [0.4, 0.5) is 5.13 Å². The van der Waals surface area contributed by atoms with E-state index in [0.29, 0.717) is 23.2 Å². The number of hydrogen-bond acceptors (Lipinski definition) is 4. The van der Waals surface area contributed by atoms with E-state index in [-0.39, 0.29) is 18.4 Å². The highest BCUT2D eigenvalue weighted by molar-refractivity contribution is 7.15. The van der Waals surface area contributed by atoms with Crippen LogP contribution >= 0.6 is 11.3 Å². The first-order valence-electron chi connectivity index (χ1n) is 8.52. The summed E-state index contributed by atoms with van der Waals surface area (Å²) in [5.41, 5.74) is 2.59. The highest BCUT2D eigenvalue weighted by Crippen LogP contribution is 2.30. The van der Waals surface area contributed by atoms with Crippen LogP contribution in [0, 0.1) is 26.7 Å². The summed E-state index contributed by atoms with van der Waals surface area (Å²) in [5.74, 6) is 0.235. The van der Waals surface area contributed by atoms with E-state index in [1.54, 1.807) is 11.0 Å². The number of aromatic nitrogens is 1. The van der Waals surface area contributed by atoms with Crippen molar-refractivity contribution in [2.24, 2.45) is 5.92 Å². The average Bonchev–Trinajstić information content (AvgIpc) is 3.31. The fraction of sp³-hybridized carbons (Fsp3) is 0.421. The van der Waals surface area contributed by atoms with E-state index in [1.165, 1.54) is 11.3 Å². The lowest BCUT2D eigenvalue weighted by molar-refractivity contribution is -0.116. The first kappa shape index (κ1) is 17.6. The van der Waals surface area contributed by atoms with Gasteiger partial charge in [0.15, 0.2) is 5.13 Å². The van der Waals surface area contributed by atoms with Crippen molar-refractivity contribution in [2.75, 3.05) is 18.4 Å². The molecule has 0 atom stereocenters. The number of anilines is 1. The molecule has 1 saturated carbocycles. The molecule has 3 rings (SSSR count). The second kappa shape index (κ2) is 7.35. The van der Waals surface area contributed by atoms with Crippen LogP contribution in [0.1, 0.15) is 39.3 Å². The summed E-state index contributed by atoms with van der Waals surface area (Å²) in [4.78, 5) is 32.3. The van der Waals surface area contributed by atoms with Crippen LogP contribution in [-0.2, 0) is 4.79 Å². The summed E-state index contributed by atoms with van der Waals surface area (Å²) in [5, 5.41) is 3.41. The maximum absolute atomic E-state index is 12.8. The van der Waals surface area contributed by atoms with Gasteiger partial charge in [-0.05, 0) is 51.7 Å². The normalized spacial score (nSPS) is 13.6. The summed E-state index contributed by atoms with van der Waals surface area (Å²) in [7, 11) is 0. The van der Waals surface area contributed by atoms with Gasteiger partial charge in [-0.15, -0.1) is 11.3 Å². The largest absolute Gasteiger partial charge is 0.329 e. The van der Waals surface area contributed by atoms with Crippen molar-refractivity contribution in [1.82, 2.24) is 9.88 Å². The van der Waals surface area contributed by atoms with E-state index in [1.807, 2.05) is 39.0 Å². The van der Waals surface area contributed by atoms with Gasteiger partial charge in [-0.1, -0.05) is 17.7 Å². The first-order valence-corrected chi connectivity index (χ1v) is 9.34. The minimum Gasteiger partial charge on any atom is -0.329 e. The molecule has 1 N–H and O–H groups in total. The SMILES string of the molecule is Cc1cccc(C(=O)N(CC(=O)Nc2nc(C)c(C)s2)CC2CC2)c1. The van der Waals surface area contributed by atoms with Gasteiger partial charge in [-0.3, -0.25) is 9.59 Å². The van der Waals surface area contributed by atoms with Crippen LogP contribution < -0.4 is 5.32 Å². The quantitative estimate of drug-likeness (QED) is 0.860. The molecule has 132 valence electrons. The van der Waals surface area contributed by atoms with Gasteiger partial charge in [-0.2, -0.15) is 0 Å². The molecule has 1 aromatic heterocycles. The second-order valence-corrected chi connectivity index (χ2v) is 7.91. The van der Waals surface area contributed by atoms with E-state index in [2.05, 4.69) is 10.3 Å². The van der Waals surface area contributed by atoms with Crippen molar-refractivity contribution in [1.29, 1.82) is 0 Å². The Labute approximate surface area is 152 Å². The summed E-state index contributed by atoms with van der Waals surface area (Å²) in [6.07, 6.45) is 2.26. The summed E-state index contributed by atoms with van der Waals surface area (Å²) >= 11 is 1.46. The van der Waals surface area contributed by atoms with Gasteiger partial charge in [0.25, 0.3) is 5.91 Å². The third kappa shape index (κ3) is 4.66. The maximum atomic E-state index is 12.8. The highest BCUT2D eigenvalue weighted by Gasteiger charge is 2.28. The zero-order chi connectivity index (χ0) is 18.0. The molecular formula is C19H23N3O2S. The van der Waals surface area contributed by atoms with E-state index in [4.69, 9.17) is 0 Å². The predicted octanol–water partition coefficient (Wildman–Crippen LogP) is 3.56. The van der Waals surface area contributed by atoms with Crippen molar-refractivity contribution in [3.63, 3.8) is 0 Å². The molecular weight excluding hydrogens is 334 g/mol. The Balaban J connectivity index is 1.69. The number of thiazole rings is 1. The lowest BCUT2D eigenvalue weighted by Gasteiger charge is -2.22. The third-order valence-electron chi connectivity index (χ3n) is 4.34. The highest BCUT2D eigenvalue weighted by atomic mass is 32.1. The molecule has 1 heterocycles. The Hall–Kier alpha value is -2.21. The Morgan fingerprint density at radius 3 is 2.64 bits per heavy atom. The van der Waals surface area contributed by atoms with Crippen molar-refractivity contribution < 1.29 is 9.59 Å². The Morgan fingerprint density at radius 2 is 2.04 bits per heavy atom. The molecule has 0 saturated heterocycles. The molecule has 1 aliphatic rings. The lowest BCUT2D eigenvalue weighted by Crippen LogP contribution is -2.39. The molecule has 2 amide bonds. The van der Waals surface area contributed by atoms with Crippen molar-refractivity contribution >= 4 is 28.3 Å². The van der Waals surface area contributed by atoms with E-state index in [9.17, 15) is 9.59 Å². The monoisotopic (exact) mass is 357 g/mol. The summed E-state index contributed by atoms with van der Waals surface area (Å²) < 4.78 is 0. The first-order chi connectivity index (χ1) is 11.9. The van der Waals surface area contributed by atoms with Gasteiger partial charge in [0.05, 0.1) is 5.69 Å². The van der Waals surface area contributed by atoms with Gasteiger partial charge >= 0.3 is 0 Å². The Kier molecular flexibility index (Phi) is 5.18. The number of nitrogens with zero attached hydrogens (tertiary/aromatic N) is 2. The molecule has 1 aromatic carbocycles. The molecule has 0 bridgehead atoms. The zero-order valence-electron chi connectivity index (χ0n) is 14.8. The standard InChI is InChI=1S/C19H23N3O2S/c1-12-5-4-6-16(9-12)18(24)22(10-15-7-8-15)11-17(23)21-19-20-13(2)14(3)25-19/h4-6,9,15H,7-8,10-11H2,1-3H3,(H,20,21,23). The topological polar surface area (TPSA) is 62.3 Å². The molecule has 0 aliphatic heterocycles. The average molecular weight is 357 g/mol. The van der Waals surface area contributed by atoms with Crippen LogP contribution in [0.15, 0.2) is 24.3 Å². The Bertz CT molecular complexity index is 776. The summed E-state index contributed by atoms with van der Waals surface area (Å²) in [6, 6.07) is 7.51. The molecule has 2 aromatic rings. The minimum atomic E-state index is -0.199. The fourth-order valence-corrected chi connectivity index (χ4v) is 3.48. The Morgan fingerprint density at radius 1 is 1.28 bits per heavy atom. The number of benzene rings is 1. The summed E-state index contributed by atoms with van der Waals surface area (Å²) in [6.45, 7) is 6.55. The molecule has 25 heavy (non-hydrogen) atoms. The molecule has 0 radical (unpaired) electrons. The van der Waals surface area contributed by atoms with Crippen molar-refractivity contribution in [2.45, 2.75) is 33.6 Å². The van der Waals surface area contributed by atoms with Gasteiger partial charge in [0.2, 0.25) is 5.91 Å². The number of carbonyl (C=O) groups is 2. The molecule has 1 fully saturated rings. The minimum absolute atomic E-state index is 0.0565. The molecule has 5 nitrogen and oxygen atoms in total. The zero-order valence-corrected chi connectivity index (χ0v) is 15.7. The molecule has 0 unspecified atom stereocenters. The lowest BCUT2D eigenvalue weighted by atomic mass is 10.1. The molecule has 1 aliphatic carbocycles. The van der Waals surface area contributed by atoms with E-state index >= 15 is 0 Å². The van der Waals surface area contributed by atoms with Gasteiger partial charge in [0, 0.05) is 17.0 Å². The number of amides is 2. The van der Waals surface area contributed by atoms with Crippen molar-refractivity contribution in [3.05, 3.63) is 46.0 Å². The van der Waals surface area contributed by atoms with Crippen molar-refractivity contribution in [3.8, 4) is 0 Å². The smallest absolute Gasteiger partial charge is 0.254 e. The van der Waals surface area contributed by atoms with Gasteiger partial charge in [0.1, 0.15) is 6.54 Å². The van der Waals surface area contributed by atoms with Crippen LogP contribution in [-0.4, -0.2) is 34.8 Å². The number of hydrogen-bond donors (Lipinski definition) is 1. The molecule has 6 heteroatoms. The van der Waals surface area contributed by atoms with E-state index < -0.39 is 0 Å². The number of nitrogens with one attached hydrogen (secondary N) is 1. The van der Waals surface area contributed by atoms with Gasteiger partial charge in [-0.25, -0.2) is 4.98 Å². The van der Waals surface area contributed by atoms with Crippen LogP contribution in [0.25, 0.3) is 0 Å².